The number of nitrogens with zero attached hydrogens (tertiary/aromatic N) is 1. The minimum absolute atomic E-state index is 0. The van der Waals surface area contributed by atoms with E-state index in [4.69, 9.17) is 10.2 Å². The fraction of sp³-hybridized carbons (Fsp3) is 0.400. The highest BCUT2D eigenvalue weighted by Crippen LogP contribution is 1.98. The van der Waals surface area contributed by atoms with Crippen molar-refractivity contribution in [1.82, 2.24) is 4.98 Å². The van der Waals surface area contributed by atoms with E-state index in [-0.39, 0.29) is 12.4 Å². The summed E-state index contributed by atoms with van der Waals surface area (Å²) in [6, 6.07) is 0. The van der Waals surface area contributed by atoms with Crippen molar-refractivity contribution >= 4 is 12.4 Å². The number of oxazole rings is 1. The maximum Gasteiger partial charge on any atom is 0.208 e. The van der Waals surface area contributed by atoms with E-state index in [9.17, 15) is 0 Å². The highest BCUT2D eigenvalue weighted by molar-refractivity contribution is 5.85. The van der Waals surface area contributed by atoms with Gasteiger partial charge >= 0.3 is 0 Å². The first-order valence-corrected chi connectivity index (χ1v) is 2.44. The first kappa shape index (κ1) is 8.46. The van der Waals surface area contributed by atoms with Crippen molar-refractivity contribution in [2.24, 2.45) is 5.73 Å². The monoisotopic (exact) mass is 148 g/mol. The number of rotatable bonds is 1. The lowest BCUT2D eigenvalue weighted by molar-refractivity contribution is 0.473. The van der Waals surface area contributed by atoms with Crippen LogP contribution in [0.1, 0.15) is 11.7 Å². The normalized spacial score (nSPS) is 8.67. The first-order chi connectivity index (χ1) is 3.83. The zero-order valence-corrected chi connectivity index (χ0v) is 5.94. The third kappa shape index (κ3) is 2.03. The summed E-state index contributed by atoms with van der Waals surface area (Å²) in [6.07, 6.45) is 1.65. The van der Waals surface area contributed by atoms with Crippen LogP contribution in [-0.2, 0) is 6.54 Å². The van der Waals surface area contributed by atoms with E-state index in [1.807, 2.05) is 6.92 Å². The summed E-state index contributed by atoms with van der Waals surface area (Å²) in [5, 5.41) is 0. The smallest absolute Gasteiger partial charge is 0.208 e. The summed E-state index contributed by atoms with van der Waals surface area (Å²) in [5.41, 5.74) is 5.21. The molecule has 0 amide bonds. The van der Waals surface area contributed by atoms with Gasteiger partial charge in [0, 0.05) is 0 Å². The Labute approximate surface area is 59.7 Å². The predicted molar refractivity (Wildman–Crippen MR) is 36.4 cm³/mol. The molecule has 4 heteroatoms. The molecule has 0 fully saturated rings. The Morgan fingerprint density at radius 1 is 1.78 bits per heavy atom. The van der Waals surface area contributed by atoms with Gasteiger partial charge in [0.05, 0.1) is 12.7 Å². The Bertz CT molecular complexity index is 175. The molecule has 2 N–H and O–H groups in total. The summed E-state index contributed by atoms with van der Waals surface area (Å²) >= 11 is 0. The van der Waals surface area contributed by atoms with Gasteiger partial charge in [-0.15, -0.1) is 12.4 Å². The lowest BCUT2D eigenvalue weighted by atomic mass is 10.6. The Morgan fingerprint density at radius 2 is 2.44 bits per heavy atom. The van der Waals surface area contributed by atoms with E-state index in [1.165, 1.54) is 0 Å². The fourth-order valence-electron chi connectivity index (χ4n) is 0.496. The molecule has 0 aliphatic rings. The van der Waals surface area contributed by atoms with Crippen LogP contribution in [0.2, 0.25) is 0 Å². The van der Waals surface area contributed by atoms with Gasteiger partial charge in [-0.1, -0.05) is 0 Å². The van der Waals surface area contributed by atoms with Crippen LogP contribution in [0.3, 0.4) is 0 Å². The minimum atomic E-state index is 0. The maximum absolute atomic E-state index is 5.21. The number of hydrogen-bond donors (Lipinski definition) is 1. The number of halogens is 1. The third-order valence-corrected chi connectivity index (χ3v) is 0.844. The quantitative estimate of drug-likeness (QED) is 0.643. The summed E-state index contributed by atoms with van der Waals surface area (Å²) in [5.74, 6) is 1.41. The molecule has 0 bridgehead atoms. The van der Waals surface area contributed by atoms with Gasteiger partial charge in [-0.2, -0.15) is 0 Å². The average molecular weight is 149 g/mol. The molecule has 0 aromatic carbocycles. The number of aryl methyl sites for hydroxylation is 1. The second-order valence-corrected chi connectivity index (χ2v) is 1.57. The molecule has 0 spiro atoms. The molecule has 1 aromatic rings. The lowest BCUT2D eigenvalue weighted by Crippen LogP contribution is -1.94. The van der Waals surface area contributed by atoms with Crippen LogP contribution in [0.5, 0.6) is 0 Å². The van der Waals surface area contributed by atoms with E-state index < -0.39 is 0 Å². The van der Waals surface area contributed by atoms with Crippen molar-refractivity contribution in [1.29, 1.82) is 0 Å². The SMILES string of the molecule is Cc1cnc(CN)o1.Cl. The van der Waals surface area contributed by atoms with Gasteiger partial charge in [-0.3, -0.25) is 0 Å². The highest BCUT2D eigenvalue weighted by Gasteiger charge is 1.93. The van der Waals surface area contributed by atoms with Gasteiger partial charge in [0.25, 0.3) is 0 Å². The number of hydrogen-bond acceptors (Lipinski definition) is 3. The molecular weight excluding hydrogens is 140 g/mol. The van der Waals surface area contributed by atoms with Crippen molar-refractivity contribution in [3.63, 3.8) is 0 Å². The van der Waals surface area contributed by atoms with Gasteiger partial charge < -0.3 is 10.2 Å². The van der Waals surface area contributed by atoms with Crippen LogP contribution < -0.4 is 5.73 Å². The number of aromatic nitrogens is 1. The molecule has 0 radical (unpaired) electrons. The summed E-state index contributed by atoms with van der Waals surface area (Å²) in [4.78, 5) is 3.84. The van der Waals surface area contributed by atoms with Crippen LogP contribution in [-0.4, -0.2) is 4.98 Å². The van der Waals surface area contributed by atoms with Crippen molar-refractivity contribution < 1.29 is 4.42 Å². The molecule has 0 aliphatic carbocycles. The Morgan fingerprint density at radius 3 is 2.67 bits per heavy atom. The van der Waals surface area contributed by atoms with Crippen LogP contribution in [0.15, 0.2) is 10.6 Å². The number of nitrogens with two attached hydrogens (primary N) is 1. The molecule has 1 heterocycles. The Kier molecular flexibility index (Phi) is 3.27. The largest absolute Gasteiger partial charge is 0.445 e. The van der Waals surface area contributed by atoms with Crippen molar-refractivity contribution in [2.75, 3.05) is 0 Å². The minimum Gasteiger partial charge on any atom is -0.445 e. The van der Waals surface area contributed by atoms with Crippen LogP contribution in [0.25, 0.3) is 0 Å². The molecule has 3 nitrogen and oxygen atoms in total. The predicted octanol–water partition coefficient (Wildman–Crippen LogP) is 0.864. The second kappa shape index (κ2) is 3.48. The topological polar surface area (TPSA) is 52.0 Å². The first-order valence-electron chi connectivity index (χ1n) is 2.44. The molecule has 0 aliphatic heterocycles. The molecule has 0 atom stereocenters. The van der Waals surface area contributed by atoms with Crippen LogP contribution in [0.4, 0.5) is 0 Å². The second-order valence-electron chi connectivity index (χ2n) is 1.57. The summed E-state index contributed by atoms with van der Waals surface area (Å²) in [6.45, 7) is 2.22. The van der Waals surface area contributed by atoms with Gasteiger partial charge in [0.1, 0.15) is 5.76 Å². The van der Waals surface area contributed by atoms with E-state index in [2.05, 4.69) is 4.98 Å². The van der Waals surface area contributed by atoms with Gasteiger partial charge in [-0.25, -0.2) is 4.98 Å². The molecule has 0 saturated heterocycles. The third-order valence-electron chi connectivity index (χ3n) is 0.844. The van der Waals surface area contributed by atoms with Crippen LogP contribution >= 0.6 is 12.4 Å². The molecule has 1 rings (SSSR count). The van der Waals surface area contributed by atoms with Crippen molar-refractivity contribution in [3.05, 3.63) is 17.8 Å². The molecule has 52 valence electrons. The van der Waals surface area contributed by atoms with Crippen molar-refractivity contribution in [2.45, 2.75) is 13.5 Å². The maximum atomic E-state index is 5.21. The zero-order chi connectivity index (χ0) is 5.98. The van der Waals surface area contributed by atoms with E-state index >= 15 is 0 Å². The molecule has 1 aromatic heterocycles. The van der Waals surface area contributed by atoms with E-state index in [0.717, 1.165) is 5.76 Å². The lowest BCUT2D eigenvalue weighted by Gasteiger charge is -1.81. The van der Waals surface area contributed by atoms with Crippen molar-refractivity contribution in [3.8, 4) is 0 Å². The molecule has 0 unspecified atom stereocenters. The fourth-order valence-corrected chi connectivity index (χ4v) is 0.496. The highest BCUT2D eigenvalue weighted by atomic mass is 35.5. The molecule has 9 heavy (non-hydrogen) atoms. The summed E-state index contributed by atoms with van der Waals surface area (Å²) < 4.78 is 5.00. The Hall–Kier alpha value is -0.540. The van der Waals surface area contributed by atoms with E-state index in [0.29, 0.717) is 12.4 Å². The molecule has 0 saturated carbocycles. The van der Waals surface area contributed by atoms with Gasteiger partial charge in [0.2, 0.25) is 5.89 Å². The zero-order valence-electron chi connectivity index (χ0n) is 5.13. The van der Waals surface area contributed by atoms with Crippen LogP contribution in [0, 0.1) is 6.92 Å². The standard InChI is InChI=1S/C5H8N2O.ClH/c1-4-3-7-5(2-6)8-4;/h3H,2,6H2,1H3;1H. The average Bonchev–Trinajstić information content (AvgIpc) is 2.14. The Balaban J connectivity index is 0.000000640. The van der Waals surface area contributed by atoms with E-state index in [1.54, 1.807) is 6.20 Å². The molecular formula is C5H9ClN2O. The van der Waals surface area contributed by atoms with Gasteiger partial charge in [0.15, 0.2) is 0 Å². The summed E-state index contributed by atoms with van der Waals surface area (Å²) in [7, 11) is 0. The van der Waals surface area contributed by atoms with Gasteiger partial charge in [-0.05, 0) is 6.92 Å².